The Kier molecular flexibility index (Phi) is 3.24. The summed E-state index contributed by atoms with van der Waals surface area (Å²) in [5.74, 6) is 1.78. The van der Waals surface area contributed by atoms with E-state index in [0.29, 0.717) is 5.75 Å². The van der Waals surface area contributed by atoms with Crippen molar-refractivity contribution in [3.63, 3.8) is 0 Å². The van der Waals surface area contributed by atoms with Gasteiger partial charge >= 0.3 is 5.97 Å². The van der Waals surface area contributed by atoms with Crippen molar-refractivity contribution < 1.29 is 14.6 Å². The van der Waals surface area contributed by atoms with Crippen LogP contribution in [0, 0.1) is 19.3 Å². The second kappa shape index (κ2) is 4.28. The predicted molar refractivity (Wildman–Crippen MR) is 61.7 cm³/mol. The largest absolute Gasteiger partial charge is 0.478 e. The fraction of sp³-hybridized carbons (Fsp3) is 0.308. The van der Waals surface area contributed by atoms with Crippen molar-refractivity contribution in [3.8, 4) is 18.1 Å². The number of aryl methyl sites for hydroxylation is 1. The Bertz CT molecular complexity index is 453. The summed E-state index contributed by atoms with van der Waals surface area (Å²) in [6.45, 7) is 5.21. The predicted octanol–water partition coefficient (Wildman–Crippen LogP) is 2.48. The van der Waals surface area contributed by atoms with E-state index in [2.05, 4.69) is 5.92 Å². The Hall–Kier alpha value is -1.95. The molecule has 0 bridgehead atoms. The first-order valence-electron chi connectivity index (χ1n) is 4.87. The van der Waals surface area contributed by atoms with Gasteiger partial charge in [0.05, 0.1) is 0 Å². The molecule has 0 spiro atoms. The van der Waals surface area contributed by atoms with Crippen LogP contribution in [-0.2, 0) is 0 Å². The number of aromatic carboxylic acids is 1. The third kappa shape index (κ3) is 2.54. The Balaban J connectivity index is 3.23. The van der Waals surface area contributed by atoms with Crippen LogP contribution in [0.4, 0.5) is 0 Å². The maximum absolute atomic E-state index is 11.0. The third-order valence-electron chi connectivity index (χ3n) is 2.15. The zero-order valence-electron chi connectivity index (χ0n) is 9.57. The molecule has 0 atom stereocenters. The van der Waals surface area contributed by atoms with Gasteiger partial charge in [-0.3, -0.25) is 0 Å². The maximum Gasteiger partial charge on any atom is 0.339 e. The second-order valence-corrected chi connectivity index (χ2v) is 4.01. The first-order chi connectivity index (χ1) is 7.37. The minimum Gasteiger partial charge on any atom is -0.478 e. The monoisotopic (exact) mass is 218 g/mol. The van der Waals surface area contributed by atoms with Gasteiger partial charge < -0.3 is 9.84 Å². The Labute approximate surface area is 95.1 Å². The summed E-state index contributed by atoms with van der Waals surface area (Å²) >= 11 is 0. The summed E-state index contributed by atoms with van der Waals surface area (Å²) in [4.78, 5) is 11.0. The maximum atomic E-state index is 11.0. The molecule has 0 aromatic heterocycles. The Morgan fingerprint density at radius 2 is 2.12 bits per heavy atom. The standard InChI is InChI=1S/C13H14O3/c1-5-13(3,4)16-11-9(2)7-6-8-10(11)12(14)15/h1,6-8H,2-4H3,(H,14,15). The molecule has 1 rings (SSSR count). The van der Waals surface area contributed by atoms with E-state index in [9.17, 15) is 4.79 Å². The first kappa shape index (κ1) is 12.1. The molecule has 3 heteroatoms. The summed E-state index contributed by atoms with van der Waals surface area (Å²) in [5.41, 5.74) is 0.0580. The number of hydrogen-bond donors (Lipinski definition) is 1. The Morgan fingerprint density at radius 3 is 2.62 bits per heavy atom. The summed E-state index contributed by atoms with van der Waals surface area (Å²) in [6.07, 6.45) is 5.31. The van der Waals surface area contributed by atoms with E-state index in [-0.39, 0.29) is 5.56 Å². The lowest BCUT2D eigenvalue weighted by Crippen LogP contribution is -2.27. The minimum absolute atomic E-state index is 0.128. The van der Waals surface area contributed by atoms with Crippen molar-refractivity contribution in [1.29, 1.82) is 0 Å². The van der Waals surface area contributed by atoms with E-state index >= 15 is 0 Å². The molecule has 0 radical (unpaired) electrons. The zero-order chi connectivity index (χ0) is 12.3. The average Bonchev–Trinajstić information content (AvgIpc) is 2.20. The van der Waals surface area contributed by atoms with Crippen molar-refractivity contribution in [2.24, 2.45) is 0 Å². The molecule has 0 saturated carbocycles. The van der Waals surface area contributed by atoms with Gasteiger partial charge in [-0.1, -0.05) is 18.1 Å². The summed E-state index contributed by atoms with van der Waals surface area (Å²) in [7, 11) is 0. The molecule has 16 heavy (non-hydrogen) atoms. The molecule has 0 aliphatic rings. The lowest BCUT2D eigenvalue weighted by atomic mass is 10.1. The van der Waals surface area contributed by atoms with Crippen LogP contribution in [0.25, 0.3) is 0 Å². The van der Waals surface area contributed by atoms with Crippen LogP contribution in [0.1, 0.15) is 29.8 Å². The quantitative estimate of drug-likeness (QED) is 0.793. The van der Waals surface area contributed by atoms with Gasteiger partial charge in [0, 0.05) is 0 Å². The molecule has 0 aliphatic carbocycles. The highest BCUT2D eigenvalue weighted by atomic mass is 16.5. The van der Waals surface area contributed by atoms with Gasteiger partial charge in [-0.15, -0.1) is 6.42 Å². The van der Waals surface area contributed by atoms with Crippen molar-refractivity contribution in [1.82, 2.24) is 0 Å². The van der Waals surface area contributed by atoms with Crippen LogP contribution in [0.2, 0.25) is 0 Å². The van der Waals surface area contributed by atoms with Crippen molar-refractivity contribution in [2.45, 2.75) is 26.4 Å². The summed E-state index contributed by atoms with van der Waals surface area (Å²) in [6, 6.07) is 4.96. The summed E-state index contributed by atoms with van der Waals surface area (Å²) in [5, 5.41) is 9.03. The molecule has 1 aromatic carbocycles. The number of ether oxygens (including phenoxy) is 1. The van der Waals surface area contributed by atoms with E-state index in [1.54, 1.807) is 32.9 Å². The number of carbonyl (C=O) groups is 1. The highest BCUT2D eigenvalue weighted by Crippen LogP contribution is 2.27. The van der Waals surface area contributed by atoms with Crippen LogP contribution in [0.15, 0.2) is 18.2 Å². The van der Waals surface area contributed by atoms with E-state index in [1.807, 2.05) is 0 Å². The number of carboxylic acid groups (broad SMARTS) is 1. The minimum atomic E-state index is -1.02. The van der Waals surface area contributed by atoms with Crippen LogP contribution in [-0.4, -0.2) is 16.7 Å². The topological polar surface area (TPSA) is 46.5 Å². The molecule has 84 valence electrons. The number of carboxylic acids is 1. The average molecular weight is 218 g/mol. The summed E-state index contributed by atoms with van der Waals surface area (Å²) < 4.78 is 5.56. The van der Waals surface area contributed by atoms with Gasteiger partial charge in [0.25, 0.3) is 0 Å². The lowest BCUT2D eigenvalue weighted by Gasteiger charge is -2.22. The lowest BCUT2D eigenvalue weighted by molar-refractivity contribution is 0.0686. The Morgan fingerprint density at radius 1 is 1.50 bits per heavy atom. The van der Waals surface area contributed by atoms with E-state index in [4.69, 9.17) is 16.3 Å². The van der Waals surface area contributed by atoms with Crippen LogP contribution in [0.5, 0.6) is 5.75 Å². The number of benzene rings is 1. The van der Waals surface area contributed by atoms with Gasteiger partial charge in [0.1, 0.15) is 11.3 Å². The van der Waals surface area contributed by atoms with E-state index < -0.39 is 11.6 Å². The smallest absolute Gasteiger partial charge is 0.339 e. The molecule has 0 amide bonds. The third-order valence-corrected chi connectivity index (χ3v) is 2.15. The number of hydrogen-bond acceptors (Lipinski definition) is 2. The molecule has 0 saturated heterocycles. The first-order valence-corrected chi connectivity index (χ1v) is 4.87. The molecule has 1 N–H and O–H groups in total. The molecule has 0 aliphatic heterocycles. The van der Waals surface area contributed by atoms with Gasteiger partial charge in [-0.2, -0.15) is 0 Å². The normalized spacial score (nSPS) is 10.6. The van der Waals surface area contributed by atoms with Crippen molar-refractivity contribution in [2.75, 3.05) is 0 Å². The highest BCUT2D eigenvalue weighted by Gasteiger charge is 2.21. The van der Waals surface area contributed by atoms with Crippen molar-refractivity contribution in [3.05, 3.63) is 29.3 Å². The molecule has 0 fully saturated rings. The fourth-order valence-corrected chi connectivity index (χ4v) is 1.24. The fourth-order valence-electron chi connectivity index (χ4n) is 1.24. The SMILES string of the molecule is C#CC(C)(C)Oc1c(C)cccc1C(=O)O. The number of rotatable bonds is 3. The molecular weight excluding hydrogens is 204 g/mol. The van der Waals surface area contributed by atoms with Crippen molar-refractivity contribution >= 4 is 5.97 Å². The van der Waals surface area contributed by atoms with Gasteiger partial charge in [-0.05, 0) is 32.4 Å². The molecular formula is C13H14O3. The molecule has 0 heterocycles. The van der Waals surface area contributed by atoms with Crippen LogP contribution < -0.4 is 4.74 Å². The number of terminal acetylenes is 1. The van der Waals surface area contributed by atoms with Gasteiger partial charge in [0.15, 0.2) is 5.60 Å². The van der Waals surface area contributed by atoms with Gasteiger partial charge in [0.2, 0.25) is 0 Å². The number of para-hydroxylation sites is 1. The molecule has 0 unspecified atom stereocenters. The van der Waals surface area contributed by atoms with Crippen LogP contribution >= 0.6 is 0 Å². The molecule has 1 aromatic rings. The second-order valence-electron chi connectivity index (χ2n) is 4.01. The molecule has 3 nitrogen and oxygen atoms in total. The van der Waals surface area contributed by atoms with Crippen LogP contribution in [0.3, 0.4) is 0 Å². The van der Waals surface area contributed by atoms with E-state index in [0.717, 1.165) is 5.56 Å². The highest BCUT2D eigenvalue weighted by molar-refractivity contribution is 5.91. The van der Waals surface area contributed by atoms with E-state index in [1.165, 1.54) is 6.07 Å². The zero-order valence-corrected chi connectivity index (χ0v) is 9.57. The van der Waals surface area contributed by atoms with Gasteiger partial charge in [-0.25, -0.2) is 4.79 Å².